The van der Waals surface area contributed by atoms with Gasteiger partial charge in [0.25, 0.3) is 0 Å². The van der Waals surface area contributed by atoms with Gasteiger partial charge in [-0.1, -0.05) is 12.5 Å². The van der Waals surface area contributed by atoms with E-state index in [9.17, 15) is 4.79 Å². The summed E-state index contributed by atoms with van der Waals surface area (Å²) < 4.78 is 1.98. The molecule has 2 fully saturated rings. The van der Waals surface area contributed by atoms with Gasteiger partial charge in [-0.3, -0.25) is 4.79 Å². The van der Waals surface area contributed by atoms with Crippen LogP contribution in [0.2, 0.25) is 0 Å². The Balaban J connectivity index is 1.18. The Labute approximate surface area is 183 Å². The minimum atomic E-state index is -0.332. The predicted octanol–water partition coefficient (Wildman–Crippen LogP) is 2.48. The Kier molecular flexibility index (Phi) is 7.41. The highest BCUT2D eigenvalue weighted by atomic mass is 32.2. The van der Waals surface area contributed by atoms with Crippen LogP contribution in [0, 0.1) is 0 Å². The number of likely N-dealkylation sites (tertiary alicyclic amines) is 1. The molecule has 4 rings (SSSR count). The van der Waals surface area contributed by atoms with E-state index >= 15 is 0 Å². The zero-order valence-corrected chi connectivity index (χ0v) is 18.3. The molecule has 0 radical (unpaired) electrons. The fourth-order valence-corrected chi connectivity index (χ4v) is 5.35. The van der Waals surface area contributed by atoms with Crippen LogP contribution >= 0.6 is 11.8 Å². The SMILES string of the molecule is N[C@@H](CCCCN1CCC(c2ccnn2-c2ccccn2)CC1)C(=O)N1CCSC1. The molecule has 162 valence electrons. The van der Waals surface area contributed by atoms with E-state index in [0.717, 1.165) is 75.7 Å². The first-order valence-corrected chi connectivity index (χ1v) is 12.2. The minimum Gasteiger partial charge on any atom is -0.331 e. The maximum Gasteiger partial charge on any atom is 0.240 e. The standard InChI is InChI=1S/C22H32N6OS/c23-19(22(29)27-15-16-30-17-27)5-2-4-12-26-13-8-18(9-14-26)20-7-11-25-28(20)21-6-1-3-10-24-21/h1,3,6-7,10-11,18-19H,2,4-5,8-9,12-17,23H2/t19-/m0/s1. The third kappa shape index (κ3) is 5.22. The van der Waals surface area contributed by atoms with Crippen molar-refractivity contribution in [3.05, 3.63) is 42.4 Å². The highest BCUT2D eigenvalue weighted by Gasteiger charge is 2.25. The average molecular weight is 429 g/mol. The molecule has 2 aliphatic heterocycles. The molecule has 7 nitrogen and oxygen atoms in total. The van der Waals surface area contributed by atoms with Gasteiger partial charge in [0.15, 0.2) is 5.82 Å². The number of nitrogens with two attached hydrogens (primary N) is 1. The van der Waals surface area contributed by atoms with Gasteiger partial charge in [-0.25, -0.2) is 9.67 Å². The van der Waals surface area contributed by atoms with Gasteiger partial charge >= 0.3 is 0 Å². The van der Waals surface area contributed by atoms with Crippen molar-refractivity contribution in [1.82, 2.24) is 24.6 Å². The molecule has 4 heterocycles. The summed E-state index contributed by atoms with van der Waals surface area (Å²) in [7, 11) is 0. The number of nitrogens with zero attached hydrogens (tertiary/aromatic N) is 5. The highest BCUT2D eigenvalue weighted by Crippen LogP contribution is 2.29. The summed E-state index contributed by atoms with van der Waals surface area (Å²) in [5, 5.41) is 4.50. The topological polar surface area (TPSA) is 80.3 Å². The maximum absolute atomic E-state index is 12.3. The molecule has 2 saturated heterocycles. The fraction of sp³-hybridized carbons (Fsp3) is 0.591. The molecule has 0 aliphatic carbocycles. The van der Waals surface area contributed by atoms with Gasteiger partial charge in [0.2, 0.25) is 5.91 Å². The lowest BCUT2D eigenvalue weighted by atomic mass is 9.93. The molecule has 1 atom stereocenters. The summed E-state index contributed by atoms with van der Waals surface area (Å²) in [4.78, 5) is 21.2. The van der Waals surface area contributed by atoms with Crippen molar-refractivity contribution in [2.45, 2.75) is 44.1 Å². The third-order valence-corrected chi connectivity index (χ3v) is 7.13. The van der Waals surface area contributed by atoms with E-state index in [2.05, 4.69) is 21.0 Å². The maximum atomic E-state index is 12.3. The largest absolute Gasteiger partial charge is 0.331 e. The summed E-state index contributed by atoms with van der Waals surface area (Å²) in [6.07, 6.45) is 8.88. The Morgan fingerprint density at radius 2 is 2.03 bits per heavy atom. The van der Waals surface area contributed by atoms with E-state index in [-0.39, 0.29) is 11.9 Å². The van der Waals surface area contributed by atoms with E-state index in [0.29, 0.717) is 5.92 Å². The Morgan fingerprint density at radius 3 is 2.77 bits per heavy atom. The van der Waals surface area contributed by atoms with Crippen molar-refractivity contribution in [3.8, 4) is 5.82 Å². The number of hydrogen-bond donors (Lipinski definition) is 1. The van der Waals surface area contributed by atoms with Crippen LogP contribution in [0.1, 0.15) is 43.7 Å². The van der Waals surface area contributed by atoms with Gasteiger partial charge < -0.3 is 15.5 Å². The van der Waals surface area contributed by atoms with E-state index in [1.165, 1.54) is 5.69 Å². The number of pyridine rings is 1. The lowest BCUT2D eigenvalue weighted by Crippen LogP contribution is -2.42. The first kappa shape index (κ1) is 21.3. The Bertz CT molecular complexity index is 799. The zero-order valence-electron chi connectivity index (χ0n) is 17.5. The lowest BCUT2D eigenvalue weighted by molar-refractivity contribution is -0.131. The fourth-order valence-electron chi connectivity index (χ4n) is 4.39. The summed E-state index contributed by atoms with van der Waals surface area (Å²) in [6.45, 7) is 4.15. The van der Waals surface area contributed by atoms with Gasteiger partial charge in [0, 0.05) is 36.3 Å². The number of unbranched alkanes of at least 4 members (excludes halogenated alkanes) is 1. The van der Waals surface area contributed by atoms with Crippen molar-refractivity contribution in [2.24, 2.45) is 5.73 Å². The second-order valence-electron chi connectivity index (χ2n) is 8.21. The third-order valence-electron chi connectivity index (χ3n) is 6.17. The molecule has 8 heteroatoms. The smallest absolute Gasteiger partial charge is 0.240 e. The predicted molar refractivity (Wildman–Crippen MR) is 121 cm³/mol. The van der Waals surface area contributed by atoms with Crippen molar-refractivity contribution in [1.29, 1.82) is 0 Å². The van der Waals surface area contributed by atoms with Gasteiger partial charge in [-0.2, -0.15) is 5.10 Å². The van der Waals surface area contributed by atoms with Crippen LogP contribution in [-0.4, -0.2) is 74.3 Å². The number of carbonyl (C=O) groups excluding carboxylic acids is 1. The summed E-state index contributed by atoms with van der Waals surface area (Å²) >= 11 is 1.81. The summed E-state index contributed by atoms with van der Waals surface area (Å²) in [6, 6.07) is 7.73. The van der Waals surface area contributed by atoms with Crippen LogP contribution in [0.3, 0.4) is 0 Å². The molecule has 2 N–H and O–H groups in total. The lowest BCUT2D eigenvalue weighted by Gasteiger charge is -2.32. The number of rotatable bonds is 8. The van der Waals surface area contributed by atoms with Crippen molar-refractivity contribution >= 4 is 17.7 Å². The first-order chi connectivity index (χ1) is 14.7. The van der Waals surface area contributed by atoms with E-state index in [1.54, 1.807) is 0 Å². The molecule has 0 saturated carbocycles. The molecular weight excluding hydrogens is 396 g/mol. The van der Waals surface area contributed by atoms with Gasteiger partial charge in [0.05, 0.1) is 11.9 Å². The molecule has 2 aromatic heterocycles. The summed E-state index contributed by atoms with van der Waals surface area (Å²) in [5.41, 5.74) is 7.39. The number of piperidine rings is 1. The molecular formula is C22H32N6OS. The molecule has 0 unspecified atom stereocenters. The van der Waals surface area contributed by atoms with Crippen LogP contribution in [-0.2, 0) is 4.79 Å². The van der Waals surface area contributed by atoms with E-state index in [1.807, 2.05) is 51.9 Å². The zero-order chi connectivity index (χ0) is 20.8. The van der Waals surface area contributed by atoms with Crippen molar-refractivity contribution in [2.75, 3.05) is 37.8 Å². The Morgan fingerprint density at radius 1 is 1.17 bits per heavy atom. The van der Waals surface area contributed by atoms with Crippen LogP contribution in [0.5, 0.6) is 0 Å². The molecule has 2 aromatic rings. The quantitative estimate of drug-likeness (QED) is 0.651. The second-order valence-corrected chi connectivity index (χ2v) is 9.29. The van der Waals surface area contributed by atoms with Crippen LogP contribution < -0.4 is 5.73 Å². The number of carbonyl (C=O) groups is 1. The van der Waals surface area contributed by atoms with Crippen molar-refractivity contribution < 1.29 is 4.79 Å². The van der Waals surface area contributed by atoms with Gasteiger partial charge in [-0.05, 0) is 63.5 Å². The second kappa shape index (κ2) is 10.4. The molecule has 0 spiro atoms. The van der Waals surface area contributed by atoms with Crippen LogP contribution in [0.15, 0.2) is 36.7 Å². The number of hydrogen-bond acceptors (Lipinski definition) is 6. The first-order valence-electron chi connectivity index (χ1n) is 11.0. The van der Waals surface area contributed by atoms with E-state index < -0.39 is 0 Å². The molecule has 30 heavy (non-hydrogen) atoms. The van der Waals surface area contributed by atoms with Crippen LogP contribution in [0.4, 0.5) is 0 Å². The highest BCUT2D eigenvalue weighted by molar-refractivity contribution is 7.99. The van der Waals surface area contributed by atoms with Crippen molar-refractivity contribution in [3.63, 3.8) is 0 Å². The molecule has 0 aromatic carbocycles. The van der Waals surface area contributed by atoms with Crippen LogP contribution in [0.25, 0.3) is 5.82 Å². The average Bonchev–Trinajstić information content (AvgIpc) is 3.49. The molecule has 0 bridgehead atoms. The monoisotopic (exact) mass is 428 g/mol. The Hall–Kier alpha value is -1.90. The normalized spacial score (nSPS) is 19.3. The van der Waals surface area contributed by atoms with Gasteiger partial charge in [-0.15, -0.1) is 11.8 Å². The number of aromatic nitrogens is 3. The summed E-state index contributed by atoms with van der Waals surface area (Å²) in [5.74, 6) is 3.39. The molecule has 1 amide bonds. The minimum absolute atomic E-state index is 0.130. The number of amides is 1. The van der Waals surface area contributed by atoms with Gasteiger partial charge in [0.1, 0.15) is 0 Å². The molecule has 2 aliphatic rings. The number of thioether (sulfide) groups is 1. The van der Waals surface area contributed by atoms with E-state index in [4.69, 9.17) is 5.73 Å².